The van der Waals surface area contributed by atoms with Gasteiger partial charge in [0.15, 0.2) is 11.5 Å². The highest BCUT2D eigenvalue weighted by Gasteiger charge is 2.13. The van der Waals surface area contributed by atoms with Crippen molar-refractivity contribution in [3.05, 3.63) is 57.0 Å². The zero-order valence-corrected chi connectivity index (χ0v) is 15.6. The Morgan fingerprint density at radius 1 is 1.21 bits per heavy atom. The minimum atomic E-state index is -0.485. The maximum absolute atomic E-state index is 12.3. The van der Waals surface area contributed by atoms with E-state index in [0.717, 1.165) is 4.70 Å². The molecule has 3 aromatic rings. The predicted octanol–water partition coefficient (Wildman–Crippen LogP) is 3.30. The van der Waals surface area contributed by atoms with Gasteiger partial charge in [-0.15, -0.1) is 11.3 Å². The fourth-order valence-electron chi connectivity index (χ4n) is 2.47. The molecule has 0 bridgehead atoms. The fourth-order valence-corrected chi connectivity index (χ4v) is 3.40. The fraction of sp³-hybridized carbons (Fsp3) is 0.111. The van der Waals surface area contributed by atoms with Gasteiger partial charge in [0.1, 0.15) is 0 Å². The number of aromatic hydroxyl groups is 1. The van der Waals surface area contributed by atoms with Crippen molar-refractivity contribution in [2.45, 2.75) is 0 Å². The summed E-state index contributed by atoms with van der Waals surface area (Å²) in [4.78, 5) is 23.0. The highest BCUT2D eigenvalue weighted by atomic mass is 32.1. The van der Waals surface area contributed by atoms with E-state index in [0.29, 0.717) is 15.8 Å². The van der Waals surface area contributed by atoms with E-state index in [2.05, 4.69) is 10.5 Å². The van der Waals surface area contributed by atoms with Crippen LogP contribution in [0.3, 0.4) is 0 Å². The Morgan fingerprint density at radius 2 is 1.89 bits per heavy atom. The molecule has 0 aliphatic rings. The number of benzene rings is 2. The van der Waals surface area contributed by atoms with Crippen molar-refractivity contribution in [2.75, 3.05) is 14.2 Å². The SMILES string of the molecule is COc1cc(C=NNC(=O)c2cc3cc([N+](=O)[O-])ccc3s2)cc(OC)c1O. The van der Waals surface area contributed by atoms with Gasteiger partial charge in [0.2, 0.25) is 5.75 Å². The highest BCUT2D eigenvalue weighted by Crippen LogP contribution is 2.36. The molecule has 144 valence electrons. The van der Waals surface area contributed by atoms with Gasteiger partial charge in [0.05, 0.1) is 30.2 Å². The van der Waals surface area contributed by atoms with Crippen LogP contribution < -0.4 is 14.9 Å². The summed E-state index contributed by atoms with van der Waals surface area (Å²) in [5, 5.41) is 25.3. The number of amides is 1. The molecule has 0 saturated heterocycles. The standard InChI is InChI=1S/C18H15N3O6S/c1-26-13-5-10(6-14(27-2)17(13)22)9-19-20-18(23)16-8-11-7-12(21(24)25)3-4-15(11)28-16/h3-9,22H,1-2H3,(H,20,23). The number of hydrazone groups is 1. The van der Waals surface area contributed by atoms with Crippen molar-refractivity contribution in [3.8, 4) is 17.2 Å². The Kier molecular flexibility index (Phi) is 5.41. The number of methoxy groups -OCH3 is 2. The van der Waals surface area contributed by atoms with Crippen molar-refractivity contribution < 1.29 is 24.3 Å². The van der Waals surface area contributed by atoms with Crippen LogP contribution in [0.1, 0.15) is 15.2 Å². The van der Waals surface area contributed by atoms with Crippen molar-refractivity contribution >= 4 is 39.2 Å². The van der Waals surface area contributed by atoms with Gasteiger partial charge in [-0.25, -0.2) is 5.43 Å². The molecule has 10 heteroatoms. The molecule has 0 saturated carbocycles. The van der Waals surface area contributed by atoms with E-state index < -0.39 is 10.8 Å². The van der Waals surface area contributed by atoms with Gasteiger partial charge in [0.25, 0.3) is 11.6 Å². The predicted molar refractivity (Wildman–Crippen MR) is 105 cm³/mol. The van der Waals surface area contributed by atoms with Gasteiger partial charge < -0.3 is 14.6 Å². The third kappa shape index (κ3) is 3.86. The lowest BCUT2D eigenvalue weighted by molar-refractivity contribution is -0.384. The molecule has 3 rings (SSSR count). The van der Waals surface area contributed by atoms with Crippen LogP contribution in [0.4, 0.5) is 5.69 Å². The van der Waals surface area contributed by atoms with Gasteiger partial charge >= 0.3 is 0 Å². The molecule has 0 aliphatic carbocycles. The zero-order valence-electron chi connectivity index (χ0n) is 14.8. The molecule has 0 atom stereocenters. The van der Waals surface area contributed by atoms with Crippen molar-refractivity contribution in [1.82, 2.24) is 5.43 Å². The quantitative estimate of drug-likeness (QED) is 0.371. The second-order valence-electron chi connectivity index (χ2n) is 5.56. The number of hydrogen-bond acceptors (Lipinski definition) is 8. The number of non-ortho nitro benzene ring substituents is 1. The first-order valence-corrected chi connectivity index (χ1v) is 8.71. The molecule has 1 aromatic heterocycles. The van der Waals surface area contributed by atoms with E-state index in [9.17, 15) is 20.0 Å². The second-order valence-corrected chi connectivity index (χ2v) is 6.65. The molecule has 2 N–H and O–H groups in total. The van der Waals surface area contributed by atoms with Gasteiger partial charge in [0, 0.05) is 27.8 Å². The molecule has 0 radical (unpaired) electrons. The zero-order chi connectivity index (χ0) is 20.3. The molecule has 0 aliphatic heterocycles. The van der Waals surface area contributed by atoms with Crippen LogP contribution in [0.5, 0.6) is 17.2 Å². The lowest BCUT2D eigenvalue weighted by Crippen LogP contribution is -2.16. The van der Waals surface area contributed by atoms with E-state index >= 15 is 0 Å². The van der Waals surface area contributed by atoms with E-state index in [4.69, 9.17) is 9.47 Å². The first kappa shape index (κ1) is 19.1. The van der Waals surface area contributed by atoms with E-state index in [1.165, 1.54) is 56.0 Å². The van der Waals surface area contributed by atoms with Crippen LogP contribution in [0.25, 0.3) is 10.1 Å². The summed E-state index contributed by atoms with van der Waals surface area (Å²) in [6, 6.07) is 9.06. The van der Waals surface area contributed by atoms with Gasteiger partial charge in [-0.1, -0.05) is 0 Å². The molecule has 0 unspecified atom stereocenters. The number of rotatable bonds is 6. The van der Waals surface area contributed by atoms with Crippen molar-refractivity contribution in [2.24, 2.45) is 5.10 Å². The lowest BCUT2D eigenvalue weighted by Gasteiger charge is -2.09. The summed E-state index contributed by atoms with van der Waals surface area (Å²) in [6.45, 7) is 0. The molecule has 0 fully saturated rings. The summed E-state index contributed by atoms with van der Waals surface area (Å²) >= 11 is 1.20. The number of carbonyl (C=O) groups is 1. The first-order chi connectivity index (χ1) is 13.4. The summed E-state index contributed by atoms with van der Waals surface area (Å²) in [7, 11) is 2.81. The highest BCUT2D eigenvalue weighted by molar-refractivity contribution is 7.20. The summed E-state index contributed by atoms with van der Waals surface area (Å²) in [5.74, 6) is -0.167. The van der Waals surface area contributed by atoms with Crippen molar-refractivity contribution in [1.29, 1.82) is 0 Å². The number of thiophene rings is 1. The minimum Gasteiger partial charge on any atom is -0.502 e. The maximum Gasteiger partial charge on any atom is 0.281 e. The minimum absolute atomic E-state index is 0.0366. The summed E-state index contributed by atoms with van der Waals surface area (Å²) in [5.41, 5.74) is 2.90. The van der Waals surface area contributed by atoms with E-state index in [1.807, 2.05) is 0 Å². The van der Waals surface area contributed by atoms with Crippen LogP contribution >= 0.6 is 11.3 Å². The second kappa shape index (κ2) is 7.92. The van der Waals surface area contributed by atoms with Crippen LogP contribution in [0, 0.1) is 10.1 Å². The Hall–Kier alpha value is -3.66. The molecule has 1 heterocycles. The normalized spacial score (nSPS) is 10.9. The molecular weight excluding hydrogens is 386 g/mol. The first-order valence-electron chi connectivity index (χ1n) is 7.89. The maximum atomic E-state index is 12.3. The largest absolute Gasteiger partial charge is 0.502 e. The number of hydrogen-bond donors (Lipinski definition) is 2. The average Bonchev–Trinajstić information content (AvgIpc) is 3.12. The average molecular weight is 401 g/mol. The van der Waals surface area contributed by atoms with Gasteiger partial charge in [-0.2, -0.15) is 5.10 Å². The number of fused-ring (bicyclic) bond motifs is 1. The number of phenols is 1. The summed E-state index contributed by atoms with van der Waals surface area (Å²) in [6.07, 6.45) is 1.38. The molecular formula is C18H15N3O6S. The van der Waals surface area contributed by atoms with Gasteiger partial charge in [-0.05, 0) is 24.3 Å². The number of ether oxygens (including phenoxy) is 2. The Balaban J connectivity index is 1.77. The molecule has 9 nitrogen and oxygen atoms in total. The Morgan fingerprint density at radius 3 is 2.50 bits per heavy atom. The number of phenolic OH excluding ortho intramolecular Hbond substituents is 1. The Labute approximate surface area is 163 Å². The smallest absolute Gasteiger partial charge is 0.281 e. The molecule has 28 heavy (non-hydrogen) atoms. The monoisotopic (exact) mass is 401 g/mol. The topological polar surface area (TPSA) is 123 Å². The molecule has 1 amide bonds. The molecule has 0 spiro atoms. The van der Waals surface area contributed by atoms with Gasteiger partial charge in [-0.3, -0.25) is 14.9 Å². The number of nitrogens with zero attached hydrogens (tertiary/aromatic N) is 2. The number of nitro benzene ring substituents is 1. The third-order valence-electron chi connectivity index (χ3n) is 3.82. The van der Waals surface area contributed by atoms with E-state index in [1.54, 1.807) is 12.1 Å². The number of nitrogens with one attached hydrogen (secondary N) is 1. The van der Waals surface area contributed by atoms with Crippen LogP contribution in [0.15, 0.2) is 41.5 Å². The Bertz CT molecular complexity index is 1070. The third-order valence-corrected chi connectivity index (χ3v) is 4.93. The number of nitro groups is 1. The lowest BCUT2D eigenvalue weighted by atomic mass is 10.2. The molecule has 2 aromatic carbocycles. The summed E-state index contributed by atoms with van der Waals surface area (Å²) < 4.78 is 10.9. The van der Waals surface area contributed by atoms with Crippen LogP contribution in [0.2, 0.25) is 0 Å². The van der Waals surface area contributed by atoms with E-state index in [-0.39, 0.29) is 22.9 Å². The van der Waals surface area contributed by atoms with Crippen molar-refractivity contribution in [3.63, 3.8) is 0 Å². The number of carbonyl (C=O) groups excluding carboxylic acids is 1. The van der Waals surface area contributed by atoms with Crippen LogP contribution in [-0.2, 0) is 0 Å². The van der Waals surface area contributed by atoms with Crippen LogP contribution in [-0.4, -0.2) is 36.4 Å².